The number of amidine groups is 1. The molecule has 0 aliphatic carbocycles. The van der Waals surface area contributed by atoms with Crippen LogP contribution in [-0.2, 0) is 6.54 Å². The molecule has 0 radical (unpaired) electrons. The molecule has 1 amide bonds. The minimum atomic E-state index is -0.584. The van der Waals surface area contributed by atoms with Crippen molar-refractivity contribution >= 4 is 34.8 Å². The highest BCUT2D eigenvalue weighted by atomic mass is 35.5. The van der Waals surface area contributed by atoms with Crippen LogP contribution in [0.25, 0.3) is 0 Å². The van der Waals surface area contributed by atoms with E-state index in [0.29, 0.717) is 20.9 Å². The molecule has 0 unspecified atom stereocenters. The molecule has 2 aromatic rings. The third-order valence-corrected chi connectivity index (χ3v) is 3.80. The van der Waals surface area contributed by atoms with Gasteiger partial charge in [-0.05, 0) is 24.3 Å². The van der Waals surface area contributed by atoms with Crippen molar-refractivity contribution in [3.8, 4) is 0 Å². The van der Waals surface area contributed by atoms with Gasteiger partial charge < -0.3 is 22.6 Å². The van der Waals surface area contributed by atoms with Crippen molar-refractivity contribution in [3.63, 3.8) is 0 Å². The fourth-order valence-corrected chi connectivity index (χ4v) is 2.53. The molecular formula is C14H13ClN6O2. The molecule has 0 saturated heterocycles. The molecule has 2 heterocycles. The van der Waals surface area contributed by atoms with Gasteiger partial charge in [0.25, 0.3) is 11.5 Å². The Morgan fingerprint density at radius 1 is 1.26 bits per heavy atom. The number of aliphatic imine (C=N–C) groups is 1. The van der Waals surface area contributed by atoms with E-state index >= 15 is 0 Å². The van der Waals surface area contributed by atoms with Crippen molar-refractivity contribution < 1.29 is 4.79 Å². The lowest BCUT2D eigenvalue weighted by molar-refractivity contribution is 0.102. The van der Waals surface area contributed by atoms with Crippen LogP contribution in [0.5, 0.6) is 0 Å². The van der Waals surface area contributed by atoms with Gasteiger partial charge in [-0.25, -0.2) is 4.68 Å². The van der Waals surface area contributed by atoms with Crippen molar-refractivity contribution in [2.45, 2.75) is 6.54 Å². The standard InChI is InChI=1S/C14H13ClN6O2/c15-6-1-3-7(4-2-6)20-13(22)10-8-5-19-11(16)9(8)14(23)21(18)12(10)17/h1-4H,5,17-18H2,(H2,16,19)(H,20,22). The Kier molecular flexibility index (Phi) is 3.45. The molecule has 9 heteroatoms. The predicted molar refractivity (Wildman–Crippen MR) is 89.1 cm³/mol. The molecule has 8 nitrogen and oxygen atoms in total. The number of nitrogens with two attached hydrogens (primary N) is 3. The fraction of sp³-hybridized carbons (Fsp3) is 0.0714. The number of carbonyl (C=O) groups is 1. The predicted octanol–water partition coefficient (Wildman–Crippen LogP) is 0.269. The number of aromatic nitrogens is 1. The zero-order valence-corrected chi connectivity index (χ0v) is 12.6. The minimum absolute atomic E-state index is 0.0461. The minimum Gasteiger partial charge on any atom is -0.383 e. The lowest BCUT2D eigenvalue weighted by atomic mass is 10.0. The summed E-state index contributed by atoms with van der Waals surface area (Å²) in [6.07, 6.45) is 0. The van der Waals surface area contributed by atoms with Crippen LogP contribution in [-0.4, -0.2) is 16.4 Å². The van der Waals surface area contributed by atoms with Crippen molar-refractivity contribution in [2.24, 2.45) is 10.7 Å². The Balaban J connectivity index is 2.07. The summed E-state index contributed by atoms with van der Waals surface area (Å²) in [6, 6.07) is 6.55. The van der Waals surface area contributed by atoms with Crippen molar-refractivity contribution in [1.29, 1.82) is 0 Å². The number of hydrogen-bond acceptors (Lipinski definition) is 6. The smallest absolute Gasteiger partial charge is 0.281 e. The van der Waals surface area contributed by atoms with E-state index in [2.05, 4.69) is 10.3 Å². The zero-order valence-electron chi connectivity index (χ0n) is 11.8. The quantitative estimate of drug-likeness (QED) is 0.584. The number of nitrogen functional groups attached to an aromatic ring is 2. The van der Waals surface area contributed by atoms with Gasteiger partial charge in [0.1, 0.15) is 11.7 Å². The van der Waals surface area contributed by atoms with Gasteiger partial charge in [-0.15, -0.1) is 0 Å². The van der Waals surface area contributed by atoms with Crippen molar-refractivity contribution in [3.05, 3.63) is 56.3 Å². The van der Waals surface area contributed by atoms with Crippen LogP contribution < -0.4 is 28.2 Å². The molecular weight excluding hydrogens is 320 g/mol. The number of nitrogens with one attached hydrogen (secondary N) is 1. The molecule has 23 heavy (non-hydrogen) atoms. The van der Waals surface area contributed by atoms with E-state index < -0.39 is 11.5 Å². The SMILES string of the molecule is NC1=NCc2c(C(=O)Nc3ccc(Cl)cc3)c(N)n(N)c(=O)c21. The van der Waals surface area contributed by atoms with Gasteiger partial charge in [-0.2, -0.15) is 0 Å². The van der Waals surface area contributed by atoms with E-state index in [0.717, 1.165) is 0 Å². The molecule has 0 bridgehead atoms. The monoisotopic (exact) mass is 332 g/mol. The number of benzene rings is 1. The Morgan fingerprint density at radius 2 is 1.91 bits per heavy atom. The average molecular weight is 333 g/mol. The first kappa shape index (κ1) is 14.9. The molecule has 1 aromatic heterocycles. The lowest BCUT2D eigenvalue weighted by Crippen LogP contribution is -2.38. The second-order valence-electron chi connectivity index (χ2n) is 4.95. The normalized spacial score (nSPS) is 12.7. The summed E-state index contributed by atoms with van der Waals surface area (Å²) >= 11 is 5.81. The first-order valence-electron chi connectivity index (χ1n) is 6.59. The van der Waals surface area contributed by atoms with Crippen LogP contribution in [0.15, 0.2) is 34.1 Å². The number of carbonyl (C=O) groups excluding carboxylic acids is 1. The zero-order chi connectivity index (χ0) is 16.7. The maximum Gasteiger partial charge on any atom is 0.281 e. The molecule has 0 saturated carbocycles. The second-order valence-corrected chi connectivity index (χ2v) is 5.39. The molecule has 0 spiro atoms. The highest BCUT2D eigenvalue weighted by Crippen LogP contribution is 2.24. The maximum absolute atomic E-state index is 12.6. The first-order valence-corrected chi connectivity index (χ1v) is 6.97. The third kappa shape index (κ3) is 2.38. The van der Waals surface area contributed by atoms with Gasteiger partial charge in [0.2, 0.25) is 0 Å². The van der Waals surface area contributed by atoms with Crippen LogP contribution in [0.3, 0.4) is 0 Å². The highest BCUT2D eigenvalue weighted by Gasteiger charge is 2.28. The van der Waals surface area contributed by atoms with Gasteiger partial charge in [-0.1, -0.05) is 11.6 Å². The van der Waals surface area contributed by atoms with E-state index in [1.54, 1.807) is 24.3 Å². The van der Waals surface area contributed by atoms with E-state index in [1.807, 2.05) is 0 Å². The van der Waals surface area contributed by atoms with E-state index in [4.69, 9.17) is 28.9 Å². The van der Waals surface area contributed by atoms with Crippen LogP contribution in [0.1, 0.15) is 21.5 Å². The molecule has 7 N–H and O–H groups in total. The summed E-state index contributed by atoms with van der Waals surface area (Å²) in [5.41, 5.74) is 12.1. The Bertz CT molecular complexity index is 901. The van der Waals surface area contributed by atoms with Crippen LogP contribution >= 0.6 is 11.6 Å². The summed E-state index contributed by atoms with van der Waals surface area (Å²) in [5, 5.41) is 3.22. The van der Waals surface area contributed by atoms with Crippen LogP contribution in [0, 0.1) is 0 Å². The number of nitrogens with zero attached hydrogens (tertiary/aromatic N) is 2. The van der Waals surface area contributed by atoms with Crippen molar-refractivity contribution in [2.75, 3.05) is 16.9 Å². The van der Waals surface area contributed by atoms with Gasteiger partial charge in [-0.3, -0.25) is 14.6 Å². The number of fused-ring (bicyclic) bond motifs is 1. The van der Waals surface area contributed by atoms with Crippen LogP contribution in [0.4, 0.5) is 11.5 Å². The Morgan fingerprint density at radius 3 is 2.57 bits per heavy atom. The van der Waals surface area contributed by atoms with Gasteiger partial charge in [0.15, 0.2) is 0 Å². The summed E-state index contributed by atoms with van der Waals surface area (Å²) in [5.74, 6) is 5.03. The fourth-order valence-electron chi connectivity index (χ4n) is 2.40. The van der Waals surface area contributed by atoms with Crippen LogP contribution in [0.2, 0.25) is 5.02 Å². The highest BCUT2D eigenvalue weighted by molar-refractivity contribution is 6.30. The van der Waals surface area contributed by atoms with Gasteiger partial charge in [0, 0.05) is 16.3 Å². The molecule has 3 rings (SSSR count). The molecule has 118 valence electrons. The number of halogens is 1. The lowest BCUT2D eigenvalue weighted by Gasteiger charge is -2.14. The molecule has 1 aromatic carbocycles. The summed E-state index contributed by atoms with van der Waals surface area (Å²) < 4.78 is 0.698. The Hall–Kier alpha value is -3.00. The Labute approximate surface area is 135 Å². The molecule has 1 aliphatic rings. The summed E-state index contributed by atoms with van der Waals surface area (Å²) in [4.78, 5) is 28.7. The summed E-state index contributed by atoms with van der Waals surface area (Å²) in [7, 11) is 0. The maximum atomic E-state index is 12.6. The average Bonchev–Trinajstić information content (AvgIpc) is 2.89. The van der Waals surface area contributed by atoms with E-state index in [1.165, 1.54) is 0 Å². The number of pyridine rings is 1. The number of anilines is 2. The largest absolute Gasteiger partial charge is 0.383 e. The molecule has 1 aliphatic heterocycles. The summed E-state index contributed by atoms with van der Waals surface area (Å²) in [6.45, 7) is 0.102. The van der Waals surface area contributed by atoms with E-state index in [-0.39, 0.29) is 29.3 Å². The van der Waals surface area contributed by atoms with Gasteiger partial charge >= 0.3 is 0 Å². The second kappa shape index (κ2) is 5.33. The third-order valence-electron chi connectivity index (χ3n) is 3.54. The first-order chi connectivity index (χ1) is 10.9. The van der Waals surface area contributed by atoms with Gasteiger partial charge in [0.05, 0.1) is 17.7 Å². The molecule has 0 fully saturated rings. The van der Waals surface area contributed by atoms with E-state index in [9.17, 15) is 9.59 Å². The molecule has 0 atom stereocenters. The number of rotatable bonds is 2. The van der Waals surface area contributed by atoms with Crippen molar-refractivity contribution in [1.82, 2.24) is 4.68 Å². The number of amides is 1. The number of hydrogen-bond donors (Lipinski definition) is 4. The topological polar surface area (TPSA) is 142 Å².